The van der Waals surface area contributed by atoms with Crippen molar-refractivity contribution in [2.45, 2.75) is 50.5 Å². The summed E-state index contributed by atoms with van der Waals surface area (Å²) < 4.78 is 0. The van der Waals surface area contributed by atoms with Crippen LogP contribution in [0.25, 0.3) is 0 Å². The number of anilines is 1. The number of nitrogens with one attached hydrogen (secondary N) is 1. The van der Waals surface area contributed by atoms with Crippen molar-refractivity contribution in [2.24, 2.45) is 5.73 Å². The quantitative estimate of drug-likeness (QED) is 0.574. The summed E-state index contributed by atoms with van der Waals surface area (Å²) >= 11 is 0. The van der Waals surface area contributed by atoms with Gasteiger partial charge in [-0.3, -0.25) is 0 Å². The van der Waals surface area contributed by atoms with E-state index < -0.39 is 11.9 Å². The molecule has 1 saturated carbocycles. The van der Waals surface area contributed by atoms with Gasteiger partial charge in [0.05, 0.1) is 5.56 Å². The third-order valence-electron chi connectivity index (χ3n) is 4.23. The first kappa shape index (κ1) is 22.1. The van der Waals surface area contributed by atoms with Crippen molar-refractivity contribution in [3.63, 3.8) is 0 Å². The second kappa shape index (κ2) is 11.6. The summed E-state index contributed by atoms with van der Waals surface area (Å²) in [6.45, 7) is 0.756. The summed E-state index contributed by atoms with van der Waals surface area (Å²) in [5.41, 5.74) is 6.96. The Balaban J connectivity index is 0.000000387. The summed E-state index contributed by atoms with van der Waals surface area (Å²) in [6, 6.07) is 5.68. The molecule has 27 heavy (non-hydrogen) atoms. The molecule has 1 heterocycles. The van der Waals surface area contributed by atoms with Crippen molar-refractivity contribution in [3.05, 3.63) is 36.0 Å². The standard InChI is InChI=1S/C15H22N4.C4H4O4/c16-10-13-6-7-14(18-11-13)19-12-15(17)8-4-2-1-3-5-9-15;5-3(6)1-2-4(7)8/h6-7,11H,1-5,8-9,12,17H2,(H,18,19);1-2H,(H,5,6)(H,7,8). The summed E-state index contributed by atoms with van der Waals surface area (Å²) in [4.78, 5) is 23.3. The van der Waals surface area contributed by atoms with E-state index in [9.17, 15) is 9.59 Å². The Morgan fingerprint density at radius 2 is 1.70 bits per heavy atom. The van der Waals surface area contributed by atoms with Gasteiger partial charge in [-0.25, -0.2) is 14.6 Å². The average molecular weight is 374 g/mol. The number of carboxylic acids is 2. The lowest BCUT2D eigenvalue weighted by Gasteiger charge is -2.31. The maximum Gasteiger partial charge on any atom is 0.328 e. The molecule has 5 N–H and O–H groups in total. The Kier molecular flexibility index (Phi) is 9.54. The number of hydrogen-bond acceptors (Lipinski definition) is 6. The van der Waals surface area contributed by atoms with Crippen LogP contribution in [0.4, 0.5) is 5.82 Å². The molecule has 146 valence electrons. The average Bonchev–Trinajstić information content (AvgIpc) is 2.63. The largest absolute Gasteiger partial charge is 0.478 e. The Bertz CT molecular complexity index is 656. The monoisotopic (exact) mass is 374 g/mol. The van der Waals surface area contributed by atoms with Gasteiger partial charge in [0.15, 0.2) is 0 Å². The molecule has 8 heteroatoms. The Morgan fingerprint density at radius 3 is 2.15 bits per heavy atom. The van der Waals surface area contributed by atoms with Crippen LogP contribution in [0.5, 0.6) is 0 Å². The molecule has 0 unspecified atom stereocenters. The number of nitriles is 1. The Labute approximate surface area is 158 Å². The normalized spacial score (nSPS) is 16.1. The number of rotatable bonds is 5. The number of carbonyl (C=O) groups is 2. The molecule has 0 saturated heterocycles. The summed E-state index contributed by atoms with van der Waals surface area (Å²) in [6.07, 6.45) is 11.3. The highest BCUT2D eigenvalue weighted by Crippen LogP contribution is 2.24. The third-order valence-corrected chi connectivity index (χ3v) is 4.23. The fourth-order valence-corrected chi connectivity index (χ4v) is 2.76. The van der Waals surface area contributed by atoms with Crippen LogP contribution in [0.1, 0.15) is 50.5 Å². The Hall–Kier alpha value is -2.92. The van der Waals surface area contributed by atoms with Gasteiger partial charge in [0.2, 0.25) is 0 Å². The third kappa shape index (κ3) is 9.97. The smallest absolute Gasteiger partial charge is 0.328 e. The summed E-state index contributed by atoms with van der Waals surface area (Å²) in [7, 11) is 0. The number of aromatic nitrogens is 1. The molecular formula is C19H26N4O4. The second-order valence-corrected chi connectivity index (χ2v) is 6.54. The lowest BCUT2D eigenvalue weighted by molar-refractivity contribution is -0.134. The fourth-order valence-electron chi connectivity index (χ4n) is 2.76. The van der Waals surface area contributed by atoms with Gasteiger partial charge in [0.25, 0.3) is 0 Å². The molecule has 1 fully saturated rings. The Morgan fingerprint density at radius 1 is 1.15 bits per heavy atom. The van der Waals surface area contributed by atoms with E-state index in [4.69, 9.17) is 21.2 Å². The first-order chi connectivity index (χ1) is 12.8. The molecule has 1 aromatic heterocycles. The van der Waals surface area contributed by atoms with Gasteiger partial charge in [-0.1, -0.05) is 32.1 Å². The number of hydrogen-bond donors (Lipinski definition) is 4. The highest BCUT2D eigenvalue weighted by molar-refractivity contribution is 5.89. The number of pyridine rings is 1. The first-order valence-electron chi connectivity index (χ1n) is 8.87. The van der Waals surface area contributed by atoms with Crippen LogP contribution in [-0.2, 0) is 9.59 Å². The minimum absolute atomic E-state index is 0.115. The van der Waals surface area contributed by atoms with Crippen molar-refractivity contribution in [1.29, 1.82) is 5.26 Å². The highest BCUT2D eigenvalue weighted by atomic mass is 16.4. The molecule has 1 aliphatic carbocycles. The molecular weight excluding hydrogens is 348 g/mol. The molecule has 0 aliphatic heterocycles. The van der Waals surface area contributed by atoms with Crippen LogP contribution in [0.3, 0.4) is 0 Å². The van der Waals surface area contributed by atoms with Gasteiger partial charge >= 0.3 is 11.9 Å². The van der Waals surface area contributed by atoms with Crippen molar-refractivity contribution < 1.29 is 19.8 Å². The van der Waals surface area contributed by atoms with Gasteiger partial charge in [-0.05, 0) is 25.0 Å². The topological polar surface area (TPSA) is 149 Å². The van der Waals surface area contributed by atoms with Crippen molar-refractivity contribution >= 4 is 17.8 Å². The maximum atomic E-state index is 9.55. The van der Waals surface area contributed by atoms with Crippen molar-refractivity contribution in [3.8, 4) is 6.07 Å². The van der Waals surface area contributed by atoms with Crippen molar-refractivity contribution in [2.75, 3.05) is 11.9 Å². The van der Waals surface area contributed by atoms with Gasteiger partial charge < -0.3 is 21.3 Å². The van der Waals surface area contributed by atoms with E-state index in [0.717, 1.165) is 25.2 Å². The van der Waals surface area contributed by atoms with Crippen LogP contribution in [0.15, 0.2) is 30.5 Å². The molecule has 2 rings (SSSR count). The number of carboxylic acid groups (broad SMARTS) is 2. The van der Waals surface area contributed by atoms with E-state index in [1.807, 2.05) is 6.07 Å². The molecule has 1 aromatic rings. The van der Waals surface area contributed by atoms with E-state index in [0.29, 0.717) is 17.7 Å². The van der Waals surface area contributed by atoms with E-state index in [1.54, 1.807) is 12.3 Å². The van der Waals surface area contributed by atoms with E-state index >= 15 is 0 Å². The SMILES string of the molecule is N#Cc1ccc(NCC2(N)CCCCCCC2)nc1.O=C(O)C=CC(=O)O. The first-order valence-corrected chi connectivity index (χ1v) is 8.87. The van der Waals surface area contributed by atoms with E-state index in [1.165, 1.54) is 32.1 Å². The molecule has 0 spiro atoms. The molecule has 1 aliphatic rings. The molecule has 0 aromatic carbocycles. The molecule has 0 radical (unpaired) electrons. The minimum Gasteiger partial charge on any atom is -0.478 e. The van der Waals surface area contributed by atoms with Crippen LogP contribution >= 0.6 is 0 Å². The minimum atomic E-state index is -1.26. The molecule has 8 nitrogen and oxygen atoms in total. The predicted octanol–water partition coefficient (Wildman–Crippen LogP) is 2.52. The second-order valence-electron chi connectivity index (χ2n) is 6.54. The van der Waals surface area contributed by atoms with Gasteiger partial charge in [-0.15, -0.1) is 0 Å². The lowest BCUT2D eigenvalue weighted by Crippen LogP contribution is -2.46. The van der Waals surface area contributed by atoms with Crippen LogP contribution in [-0.4, -0.2) is 39.2 Å². The number of nitrogens with zero attached hydrogens (tertiary/aromatic N) is 2. The van der Waals surface area contributed by atoms with Crippen LogP contribution < -0.4 is 11.1 Å². The lowest BCUT2D eigenvalue weighted by atomic mass is 9.85. The van der Waals surface area contributed by atoms with Crippen LogP contribution in [0.2, 0.25) is 0 Å². The van der Waals surface area contributed by atoms with Gasteiger partial charge in [-0.2, -0.15) is 5.26 Å². The highest BCUT2D eigenvalue weighted by Gasteiger charge is 2.25. The van der Waals surface area contributed by atoms with E-state index in [-0.39, 0.29) is 5.54 Å². The fraction of sp³-hybridized carbons (Fsp3) is 0.474. The van der Waals surface area contributed by atoms with E-state index in [2.05, 4.69) is 16.4 Å². The van der Waals surface area contributed by atoms with Gasteiger partial charge in [0, 0.05) is 30.4 Å². The zero-order chi connectivity index (χ0) is 20.1. The van der Waals surface area contributed by atoms with Gasteiger partial charge in [0.1, 0.15) is 11.9 Å². The number of nitrogens with two attached hydrogens (primary N) is 1. The summed E-state index contributed by atoms with van der Waals surface area (Å²) in [5, 5.41) is 27.7. The zero-order valence-electron chi connectivity index (χ0n) is 15.2. The molecule has 0 bridgehead atoms. The summed E-state index contributed by atoms with van der Waals surface area (Å²) in [5.74, 6) is -1.72. The van der Waals surface area contributed by atoms with Crippen LogP contribution in [0, 0.1) is 11.3 Å². The molecule has 0 amide bonds. The van der Waals surface area contributed by atoms with Crippen molar-refractivity contribution in [1.82, 2.24) is 4.98 Å². The number of aliphatic carboxylic acids is 2. The predicted molar refractivity (Wildman–Crippen MR) is 101 cm³/mol. The molecule has 0 atom stereocenters. The maximum absolute atomic E-state index is 9.55. The zero-order valence-corrected chi connectivity index (χ0v) is 15.2.